The molecule has 0 radical (unpaired) electrons. The Balaban J connectivity index is 1.60. The topological polar surface area (TPSA) is 97.0 Å². The van der Waals surface area contributed by atoms with Crippen molar-refractivity contribution in [3.63, 3.8) is 0 Å². The van der Waals surface area contributed by atoms with E-state index in [0.717, 1.165) is 15.7 Å². The second kappa shape index (κ2) is 9.82. The number of amides is 3. The molecule has 0 bridgehead atoms. The molecule has 164 valence electrons. The van der Waals surface area contributed by atoms with Gasteiger partial charge in [-0.15, -0.1) is 0 Å². The van der Waals surface area contributed by atoms with Crippen molar-refractivity contribution in [3.8, 4) is 11.5 Å². The van der Waals surface area contributed by atoms with Crippen molar-refractivity contribution in [2.45, 2.75) is 19.4 Å². The van der Waals surface area contributed by atoms with E-state index in [4.69, 9.17) is 9.47 Å². The molecule has 2 aromatic carbocycles. The SMILES string of the molecule is CCN1C(=O)[C@@H](NC(=O)C(=O)NCCc2ccc(OC)c(OC)c2)c2cc(Br)ccc21. The summed E-state index contributed by atoms with van der Waals surface area (Å²) < 4.78 is 11.3. The smallest absolute Gasteiger partial charge is 0.310 e. The van der Waals surface area contributed by atoms with Crippen molar-refractivity contribution in [2.24, 2.45) is 0 Å². The van der Waals surface area contributed by atoms with Crippen molar-refractivity contribution in [1.82, 2.24) is 10.6 Å². The van der Waals surface area contributed by atoms with Gasteiger partial charge < -0.3 is 25.0 Å². The molecule has 1 aliphatic heterocycles. The molecule has 1 heterocycles. The first kappa shape index (κ1) is 22.6. The van der Waals surface area contributed by atoms with Gasteiger partial charge in [-0.3, -0.25) is 14.4 Å². The number of likely N-dealkylation sites (N-methyl/N-ethyl adjacent to an activating group) is 1. The Labute approximate surface area is 189 Å². The van der Waals surface area contributed by atoms with Crippen LogP contribution in [0.5, 0.6) is 11.5 Å². The van der Waals surface area contributed by atoms with Crippen LogP contribution in [0.4, 0.5) is 5.69 Å². The summed E-state index contributed by atoms with van der Waals surface area (Å²) in [4.78, 5) is 39.0. The molecule has 9 heteroatoms. The summed E-state index contributed by atoms with van der Waals surface area (Å²) >= 11 is 3.39. The van der Waals surface area contributed by atoms with E-state index in [1.54, 1.807) is 31.3 Å². The fourth-order valence-corrected chi connectivity index (χ4v) is 3.89. The Kier molecular flexibility index (Phi) is 7.17. The van der Waals surface area contributed by atoms with Gasteiger partial charge in [0.25, 0.3) is 5.91 Å². The van der Waals surface area contributed by atoms with E-state index in [-0.39, 0.29) is 12.5 Å². The summed E-state index contributed by atoms with van der Waals surface area (Å²) in [7, 11) is 3.11. The van der Waals surface area contributed by atoms with Crippen LogP contribution in [0, 0.1) is 0 Å². The van der Waals surface area contributed by atoms with Crippen molar-refractivity contribution < 1.29 is 23.9 Å². The number of carbonyl (C=O) groups is 3. The number of benzene rings is 2. The van der Waals surface area contributed by atoms with Gasteiger partial charge in [-0.1, -0.05) is 22.0 Å². The third-order valence-electron chi connectivity index (χ3n) is 5.05. The second-order valence-corrected chi connectivity index (χ2v) is 7.80. The number of halogens is 1. The van der Waals surface area contributed by atoms with Crippen LogP contribution in [-0.2, 0) is 20.8 Å². The zero-order valence-corrected chi connectivity index (χ0v) is 19.1. The van der Waals surface area contributed by atoms with Gasteiger partial charge in [0.05, 0.1) is 14.2 Å². The van der Waals surface area contributed by atoms with Crippen LogP contribution in [0.3, 0.4) is 0 Å². The van der Waals surface area contributed by atoms with Crippen molar-refractivity contribution in [3.05, 3.63) is 52.0 Å². The van der Waals surface area contributed by atoms with E-state index in [9.17, 15) is 14.4 Å². The Hall–Kier alpha value is -3.07. The highest BCUT2D eigenvalue weighted by atomic mass is 79.9. The molecular formula is C22H24BrN3O5. The summed E-state index contributed by atoms with van der Waals surface area (Å²) in [5.74, 6) is -0.700. The van der Waals surface area contributed by atoms with Gasteiger partial charge in [0.15, 0.2) is 11.5 Å². The molecule has 1 aliphatic rings. The number of nitrogens with one attached hydrogen (secondary N) is 2. The van der Waals surface area contributed by atoms with Gasteiger partial charge in [-0.05, 0) is 49.2 Å². The summed E-state index contributed by atoms with van der Waals surface area (Å²) in [6, 6.07) is 9.99. The van der Waals surface area contributed by atoms with Crippen molar-refractivity contribution >= 4 is 39.3 Å². The average Bonchev–Trinajstić information content (AvgIpc) is 3.03. The van der Waals surface area contributed by atoms with Crippen LogP contribution in [0.1, 0.15) is 24.1 Å². The predicted octanol–water partition coefficient (Wildman–Crippen LogP) is 2.35. The van der Waals surface area contributed by atoms with E-state index >= 15 is 0 Å². The number of ether oxygens (including phenoxy) is 2. The van der Waals surface area contributed by atoms with Crippen LogP contribution in [0.15, 0.2) is 40.9 Å². The number of fused-ring (bicyclic) bond motifs is 1. The summed E-state index contributed by atoms with van der Waals surface area (Å²) in [6.45, 7) is 2.58. The number of hydrogen-bond donors (Lipinski definition) is 2. The lowest BCUT2D eigenvalue weighted by Gasteiger charge is -2.15. The molecule has 0 saturated carbocycles. The highest BCUT2D eigenvalue weighted by Gasteiger charge is 2.38. The fourth-order valence-electron chi connectivity index (χ4n) is 3.51. The number of methoxy groups -OCH3 is 2. The van der Waals surface area contributed by atoms with Crippen LogP contribution in [0.25, 0.3) is 0 Å². The van der Waals surface area contributed by atoms with Crippen molar-refractivity contribution in [1.29, 1.82) is 0 Å². The molecule has 0 unspecified atom stereocenters. The molecule has 3 rings (SSSR count). The summed E-state index contributed by atoms with van der Waals surface area (Å²) in [6.07, 6.45) is 0.501. The monoisotopic (exact) mass is 489 g/mol. The first-order chi connectivity index (χ1) is 14.9. The minimum Gasteiger partial charge on any atom is -0.493 e. The molecule has 31 heavy (non-hydrogen) atoms. The van der Waals surface area contributed by atoms with Gasteiger partial charge in [0.1, 0.15) is 6.04 Å². The van der Waals surface area contributed by atoms with Crippen LogP contribution < -0.4 is 25.0 Å². The molecule has 0 fully saturated rings. The van der Waals surface area contributed by atoms with Gasteiger partial charge in [0.2, 0.25) is 0 Å². The predicted molar refractivity (Wildman–Crippen MR) is 119 cm³/mol. The largest absolute Gasteiger partial charge is 0.493 e. The molecule has 8 nitrogen and oxygen atoms in total. The number of nitrogens with zero attached hydrogens (tertiary/aromatic N) is 1. The summed E-state index contributed by atoms with van der Waals surface area (Å²) in [5.41, 5.74) is 2.31. The highest BCUT2D eigenvalue weighted by molar-refractivity contribution is 9.10. The zero-order chi connectivity index (χ0) is 22.5. The second-order valence-electron chi connectivity index (χ2n) is 6.89. The highest BCUT2D eigenvalue weighted by Crippen LogP contribution is 2.37. The summed E-state index contributed by atoms with van der Waals surface area (Å²) in [5, 5.41) is 5.15. The maximum atomic E-state index is 12.7. The Morgan fingerprint density at radius 1 is 1.06 bits per heavy atom. The first-order valence-corrected chi connectivity index (χ1v) is 10.6. The van der Waals surface area contributed by atoms with Gasteiger partial charge >= 0.3 is 11.8 Å². The van der Waals surface area contributed by atoms with Gasteiger partial charge in [-0.2, -0.15) is 0 Å². The molecular weight excluding hydrogens is 466 g/mol. The third kappa shape index (κ3) is 4.82. The van der Waals surface area contributed by atoms with E-state index in [2.05, 4.69) is 26.6 Å². The number of carbonyl (C=O) groups excluding carboxylic acids is 3. The normalized spacial score (nSPS) is 14.8. The van der Waals surface area contributed by atoms with Gasteiger partial charge in [0, 0.05) is 28.8 Å². The quantitative estimate of drug-likeness (QED) is 0.581. The molecule has 2 N–H and O–H groups in total. The minimum absolute atomic E-state index is 0.254. The lowest BCUT2D eigenvalue weighted by molar-refractivity contribution is -0.140. The Morgan fingerprint density at radius 2 is 1.81 bits per heavy atom. The lowest BCUT2D eigenvalue weighted by Crippen LogP contribution is -2.44. The van der Waals surface area contributed by atoms with Crippen molar-refractivity contribution in [2.75, 3.05) is 32.2 Å². The Morgan fingerprint density at radius 3 is 2.48 bits per heavy atom. The van der Waals surface area contributed by atoms with Crippen LogP contribution in [0.2, 0.25) is 0 Å². The molecule has 2 aromatic rings. The molecule has 0 aliphatic carbocycles. The third-order valence-corrected chi connectivity index (χ3v) is 5.54. The maximum Gasteiger partial charge on any atom is 0.310 e. The molecule has 3 amide bonds. The molecule has 1 atom stereocenters. The fraction of sp³-hybridized carbons (Fsp3) is 0.318. The van der Waals surface area contributed by atoms with E-state index in [1.165, 1.54) is 0 Å². The first-order valence-electron chi connectivity index (χ1n) is 9.80. The number of anilines is 1. The number of hydrogen-bond acceptors (Lipinski definition) is 5. The standard InChI is InChI=1S/C22H24BrN3O5/c1-4-26-16-7-6-14(23)12-15(16)19(22(26)29)25-21(28)20(27)24-10-9-13-5-8-17(30-2)18(11-13)31-3/h5-8,11-12,19H,4,9-10H2,1-3H3,(H,24,27)(H,25,28)/t19-/m0/s1. The minimum atomic E-state index is -0.892. The lowest BCUT2D eigenvalue weighted by atomic mass is 10.1. The van der Waals surface area contributed by atoms with E-state index < -0.39 is 17.9 Å². The molecule has 0 aromatic heterocycles. The maximum absolute atomic E-state index is 12.7. The van der Waals surface area contributed by atoms with Crippen LogP contribution in [-0.4, -0.2) is 45.0 Å². The van der Waals surface area contributed by atoms with E-state index in [1.807, 2.05) is 31.2 Å². The van der Waals surface area contributed by atoms with Gasteiger partial charge in [-0.25, -0.2) is 0 Å². The number of rotatable bonds is 7. The Bertz CT molecular complexity index is 1010. The molecule has 0 saturated heterocycles. The average molecular weight is 490 g/mol. The van der Waals surface area contributed by atoms with E-state index in [0.29, 0.717) is 30.0 Å². The molecule has 0 spiro atoms. The zero-order valence-electron chi connectivity index (χ0n) is 17.5. The van der Waals surface area contributed by atoms with Crippen LogP contribution >= 0.6 is 15.9 Å².